The number of rotatable bonds is 8. The summed E-state index contributed by atoms with van der Waals surface area (Å²) in [5.41, 5.74) is 1.08. The van der Waals surface area contributed by atoms with Gasteiger partial charge in [0.25, 0.3) is 5.91 Å². The van der Waals surface area contributed by atoms with Gasteiger partial charge in [-0.2, -0.15) is 0 Å². The third-order valence-corrected chi connectivity index (χ3v) is 2.99. The molecule has 1 aromatic rings. The minimum absolute atomic E-state index is 0.0224. The number of benzene rings is 1. The maximum absolute atomic E-state index is 11.7. The summed E-state index contributed by atoms with van der Waals surface area (Å²) in [5, 5.41) is 12.4. The van der Waals surface area contributed by atoms with Crippen molar-refractivity contribution in [3.05, 3.63) is 29.8 Å². The molecule has 0 saturated heterocycles. The summed E-state index contributed by atoms with van der Waals surface area (Å²) in [7, 11) is 0. The Morgan fingerprint density at radius 1 is 1.35 bits per heavy atom. The molecule has 1 amide bonds. The lowest BCUT2D eigenvalue weighted by atomic mass is 10.1. The molecular weight excluding hydrogens is 254 g/mol. The van der Waals surface area contributed by atoms with Crippen LogP contribution in [-0.4, -0.2) is 30.3 Å². The van der Waals surface area contributed by atoms with E-state index in [4.69, 9.17) is 4.74 Å². The number of aliphatic hydroxyl groups excluding tert-OH is 1. The monoisotopic (exact) mass is 279 g/mol. The van der Waals surface area contributed by atoms with Crippen LogP contribution in [0.4, 0.5) is 0 Å². The van der Waals surface area contributed by atoms with Gasteiger partial charge in [0, 0.05) is 6.54 Å². The number of amides is 1. The minimum atomic E-state index is -0.498. The highest BCUT2D eigenvalue weighted by Gasteiger charge is 2.10. The molecule has 0 bridgehead atoms. The SMILES string of the molecule is CCc1ccccc1OCC(=O)NCC(O)CC(C)C. The molecular formula is C16H25NO3. The highest BCUT2D eigenvalue weighted by molar-refractivity contribution is 5.77. The van der Waals surface area contributed by atoms with E-state index in [2.05, 4.69) is 5.32 Å². The second-order valence-corrected chi connectivity index (χ2v) is 5.34. The van der Waals surface area contributed by atoms with Crippen LogP contribution in [-0.2, 0) is 11.2 Å². The van der Waals surface area contributed by atoms with Crippen molar-refractivity contribution in [2.24, 2.45) is 5.92 Å². The van der Waals surface area contributed by atoms with Gasteiger partial charge in [0.05, 0.1) is 6.10 Å². The van der Waals surface area contributed by atoms with Crippen LogP contribution in [0.15, 0.2) is 24.3 Å². The fourth-order valence-corrected chi connectivity index (χ4v) is 1.99. The molecule has 112 valence electrons. The molecule has 20 heavy (non-hydrogen) atoms. The van der Waals surface area contributed by atoms with Crippen LogP contribution in [0, 0.1) is 5.92 Å². The number of hydrogen-bond donors (Lipinski definition) is 2. The number of carbonyl (C=O) groups excluding carboxylic acids is 1. The van der Waals surface area contributed by atoms with Gasteiger partial charge in [0.15, 0.2) is 6.61 Å². The Morgan fingerprint density at radius 3 is 2.70 bits per heavy atom. The van der Waals surface area contributed by atoms with Crippen molar-refractivity contribution >= 4 is 5.91 Å². The Balaban J connectivity index is 2.33. The van der Waals surface area contributed by atoms with Gasteiger partial charge in [-0.1, -0.05) is 39.0 Å². The van der Waals surface area contributed by atoms with E-state index in [1.54, 1.807) is 0 Å². The third-order valence-electron chi connectivity index (χ3n) is 2.99. The molecule has 0 radical (unpaired) electrons. The standard InChI is InChI=1S/C16H25NO3/c1-4-13-7-5-6-8-15(13)20-11-16(19)17-10-14(18)9-12(2)3/h5-8,12,14,18H,4,9-11H2,1-3H3,(H,17,19). The number of nitrogens with one attached hydrogen (secondary N) is 1. The minimum Gasteiger partial charge on any atom is -0.483 e. The predicted molar refractivity (Wildman–Crippen MR) is 79.8 cm³/mol. The highest BCUT2D eigenvalue weighted by atomic mass is 16.5. The van der Waals surface area contributed by atoms with Crippen molar-refractivity contribution in [2.75, 3.05) is 13.2 Å². The number of carbonyl (C=O) groups is 1. The van der Waals surface area contributed by atoms with E-state index in [0.717, 1.165) is 17.7 Å². The average Bonchev–Trinajstić information content (AvgIpc) is 2.42. The van der Waals surface area contributed by atoms with Crippen molar-refractivity contribution in [3.63, 3.8) is 0 Å². The Labute approximate surface area is 121 Å². The highest BCUT2D eigenvalue weighted by Crippen LogP contribution is 2.17. The molecule has 0 aliphatic heterocycles. The van der Waals surface area contributed by atoms with Crippen LogP contribution < -0.4 is 10.1 Å². The molecule has 0 aliphatic carbocycles. The van der Waals surface area contributed by atoms with Crippen LogP contribution in [0.2, 0.25) is 0 Å². The number of ether oxygens (including phenoxy) is 1. The summed E-state index contributed by atoms with van der Waals surface area (Å²) >= 11 is 0. The fourth-order valence-electron chi connectivity index (χ4n) is 1.99. The normalized spacial score (nSPS) is 12.2. The van der Waals surface area contributed by atoms with Crippen LogP contribution in [0.3, 0.4) is 0 Å². The first-order valence-corrected chi connectivity index (χ1v) is 7.18. The predicted octanol–water partition coefficient (Wildman–Crippen LogP) is 2.15. The van der Waals surface area contributed by atoms with E-state index in [1.807, 2.05) is 45.0 Å². The van der Waals surface area contributed by atoms with E-state index in [9.17, 15) is 9.90 Å². The molecule has 4 nitrogen and oxygen atoms in total. The topological polar surface area (TPSA) is 58.6 Å². The summed E-state index contributed by atoms with van der Waals surface area (Å²) in [6, 6.07) is 7.69. The molecule has 0 aliphatic rings. The lowest BCUT2D eigenvalue weighted by molar-refractivity contribution is -0.123. The van der Waals surface area contributed by atoms with Crippen LogP contribution in [0.25, 0.3) is 0 Å². The smallest absolute Gasteiger partial charge is 0.258 e. The maximum Gasteiger partial charge on any atom is 0.258 e. The van der Waals surface area contributed by atoms with Gasteiger partial charge in [0.2, 0.25) is 0 Å². The summed E-state index contributed by atoms with van der Waals surface area (Å²) < 4.78 is 5.51. The Bertz CT molecular complexity index is 418. The van der Waals surface area contributed by atoms with E-state index >= 15 is 0 Å². The summed E-state index contributed by atoms with van der Waals surface area (Å²) in [6.07, 6.45) is 1.05. The molecule has 1 rings (SSSR count). The lowest BCUT2D eigenvalue weighted by Gasteiger charge is -2.14. The molecule has 0 fully saturated rings. The second kappa shape index (κ2) is 8.59. The van der Waals surface area contributed by atoms with Crippen LogP contribution in [0.5, 0.6) is 5.75 Å². The van der Waals surface area contributed by atoms with Crippen molar-refractivity contribution in [1.29, 1.82) is 0 Å². The first-order valence-electron chi connectivity index (χ1n) is 7.18. The van der Waals surface area contributed by atoms with Crippen molar-refractivity contribution in [2.45, 2.75) is 39.7 Å². The molecule has 0 saturated carbocycles. The Hall–Kier alpha value is -1.55. The molecule has 0 heterocycles. The van der Waals surface area contributed by atoms with E-state index in [-0.39, 0.29) is 19.1 Å². The molecule has 2 N–H and O–H groups in total. The average molecular weight is 279 g/mol. The molecule has 1 unspecified atom stereocenters. The van der Waals surface area contributed by atoms with Gasteiger partial charge < -0.3 is 15.2 Å². The van der Waals surface area contributed by atoms with E-state index < -0.39 is 6.10 Å². The third kappa shape index (κ3) is 6.06. The Kier molecular flexibility index (Phi) is 7.09. The van der Waals surface area contributed by atoms with Crippen molar-refractivity contribution in [1.82, 2.24) is 5.32 Å². The lowest BCUT2D eigenvalue weighted by Crippen LogP contribution is -2.35. The molecule has 0 aromatic heterocycles. The van der Waals surface area contributed by atoms with Crippen molar-refractivity contribution < 1.29 is 14.6 Å². The number of aryl methyl sites for hydroxylation is 1. The Morgan fingerprint density at radius 2 is 2.05 bits per heavy atom. The molecule has 4 heteroatoms. The number of hydrogen-bond acceptors (Lipinski definition) is 3. The molecule has 1 aromatic carbocycles. The molecule has 0 spiro atoms. The zero-order valence-corrected chi connectivity index (χ0v) is 12.6. The van der Waals surface area contributed by atoms with Gasteiger partial charge in [-0.3, -0.25) is 4.79 Å². The summed E-state index contributed by atoms with van der Waals surface area (Å²) in [6.45, 7) is 6.37. The van der Waals surface area contributed by atoms with Gasteiger partial charge in [-0.15, -0.1) is 0 Å². The largest absolute Gasteiger partial charge is 0.483 e. The molecule has 1 atom stereocenters. The van der Waals surface area contributed by atoms with Gasteiger partial charge in [-0.05, 0) is 30.4 Å². The van der Waals surface area contributed by atoms with Gasteiger partial charge in [-0.25, -0.2) is 0 Å². The summed E-state index contributed by atoms with van der Waals surface area (Å²) in [4.78, 5) is 11.7. The number of para-hydroxylation sites is 1. The van der Waals surface area contributed by atoms with Crippen molar-refractivity contribution in [3.8, 4) is 5.75 Å². The van der Waals surface area contributed by atoms with E-state index in [1.165, 1.54) is 0 Å². The summed E-state index contributed by atoms with van der Waals surface area (Å²) in [5.74, 6) is 0.946. The maximum atomic E-state index is 11.7. The van der Waals surface area contributed by atoms with Crippen LogP contribution >= 0.6 is 0 Å². The number of aliphatic hydroxyl groups is 1. The first-order chi connectivity index (χ1) is 9.52. The zero-order chi connectivity index (χ0) is 15.0. The van der Waals surface area contributed by atoms with Gasteiger partial charge in [0.1, 0.15) is 5.75 Å². The zero-order valence-electron chi connectivity index (χ0n) is 12.6. The fraction of sp³-hybridized carbons (Fsp3) is 0.562. The van der Waals surface area contributed by atoms with Crippen LogP contribution in [0.1, 0.15) is 32.8 Å². The van der Waals surface area contributed by atoms with E-state index in [0.29, 0.717) is 12.3 Å². The second-order valence-electron chi connectivity index (χ2n) is 5.34. The quantitative estimate of drug-likeness (QED) is 0.766. The first kappa shape index (κ1) is 16.5. The van der Waals surface area contributed by atoms with Gasteiger partial charge >= 0.3 is 0 Å².